The summed E-state index contributed by atoms with van der Waals surface area (Å²) in [5.41, 5.74) is -2.13. The number of carbonyl (C=O) groups excluding carboxylic acids is 1. The first kappa shape index (κ1) is 21.9. The number of hydrogen-bond donors (Lipinski definition) is 1. The number of hydrogen-bond acceptors (Lipinski definition) is 5. The molecule has 0 spiro atoms. The first-order valence-corrected chi connectivity index (χ1v) is 8.92. The van der Waals surface area contributed by atoms with Gasteiger partial charge in [-0.05, 0) is 24.4 Å². The van der Waals surface area contributed by atoms with Gasteiger partial charge in [0.15, 0.2) is 5.11 Å². The van der Waals surface area contributed by atoms with Gasteiger partial charge < -0.3 is 15.1 Å². The van der Waals surface area contributed by atoms with E-state index in [0.717, 1.165) is 12.1 Å². The number of alkyl halides is 3. The van der Waals surface area contributed by atoms with Gasteiger partial charge in [0.2, 0.25) is 5.91 Å². The monoisotopic (exact) mass is 418 g/mol. The molecule has 1 saturated heterocycles. The Hall–Kier alpha value is -2.43. The van der Waals surface area contributed by atoms with E-state index in [9.17, 15) is 28.1 Å². The van der Waals surface area contributed by atoms with E-state index >= 15 is 0 Å². The second-order valence-corrected chi connectivity index (χ2v) is 7.83. The van der Waals surface area contributed by atoms with Gasteiger partial charge >= 0.3 is 6.18 Å². The molecule has 2 rings (SSSR count). The minimum absolute atomic E-state index is 0.127. The Bertz CT molecular complexity index is 785. The molecule has 1 heterocycles. The van der Waals surface area contributed by atoms with Gasteiger partial charge in [-0.1, -0.05) is 20.8 Å². The molecule has 7 nitrogen and oxygen atoms in total. The van der Waals surface area contributed by atoms with Gasteiger partial charge in [-0.15, -0.1) is 0 Å². The zero-order valence-corrected chi connectivity index (χ0v) is 16.5. The second-order valence-electron chi connectivity index (χ2n) is 7.44. The number of nitrogens with one attached hydrogen (secondary N) is 1. The molecule has 0 unspecified atom stereocenters. The van der Waals surface area contributed by atoms with Gasteiger partial charge in [0.05, 0.1) is 10.5 Å². The predicted molar refractivity (Wildman–Crippen MR) is 102 cm³/mol. The number of rotatable bonds is 2. The molecule has 1 fully saturated rings. The van der Waals surface area contributed by atoms with Crippen LogP contribution in [0.25, 0.3) is 0 Å². The summed E-state index contributed by atoms with van der Waals surface area (Å²) in [5, 5.41) is 14.2. The molecule has 1 N–H and O–H groups in total. The number of carbonyl (C=O) groups is 1. The van der Waals surface area contributed by atoms with E-state index in [1.54, 1.807) is 30.6 Å². The lowest BCUT2D eigenvalue weighted by Gasteiger charge is -2.37. The summed E-state index contributed by atoms with van der Waals surface area (Å²) >= 11 is 5.24. The highest BCUT2D eigenvalue weighted by Gasteiger charge is 2.34. The molecule has 1 aromatic rings. The fourth-order valence-electron chi connectivity index (χ4n) is 2.63. The highest BCUT2D eigenvalue weighted by atomic mass is 32.1. The molecule has 1 aliphatic heterocycles. The van der Waals surface area contributed by atoms with E-state index < -0.39 is 27.8 Å². The number of nitro benzene ring substituents is 1. The van der Waals surface area contributed by atoms with Crippen molar-refractivity contribution in [2.24, 2.45) is 5.41 Å². The first-order valence-electron chi connectivity index (χ1n) is 8.51. The van der Waals surface area contributed by atoms with Crippen LogP contribution >= 0.6 is 12.2 Å². The van der Waals surface area contributed by atoms with Crippen LogP contribution in [0.4, 0.5) is 24.5 Å². The maximum Gasteiger partial charge on any atom is 0.416 e. The Labute approximate surface area is 165 Å². The predicted octanol–water partition coefficient (Wildman–Crippen LogP) is 3.18. The normalized spacial score (nSPS) is 15.4. The lowest BCUT2D eigenvalue weighted by atomic mass is 9.96. The Balaban J connectivity index is 2.10. The van der Waals surface area contributed by atoms with Gasteiger partial charge in [-0.2, -0.15) is 13.2 Å². The molecule has 154 valence electrons. The van der Waals surface area contributed by atoms with Crippen LogP contribution in [-0.4, -0.2) is 47.0 Å². The molecule has 0 saturated carbocycles. The van der Waals surface area contributed by atoms with Crippen molar-refractivity contribution in [1.29, 1.82) is 0 Å². The molecular formula is C17H21F3N4O3S. The van der Waals surface area contributed by atoms with Gasteiger partial charge in [0.1, 0.15) is 5.69 Å². The van der Waals surface area contributed by atoms with Crippen LogP contribution in [0.5, 0.6) is 0 Å². The Morgan fingerprint density at radius 1 is 1.18 bits per heavy atom. The van der Waals surface area contributed by atoms with E-state index in [1.165, 1.54) is 0 Å². The summed E-state index contributed by atoms with van der Waals surface area (Å²) in [6, 6.07) is 2.51. The van der Waals surface area contributed by atoms with Crippen molar-refractivity contribution < 1.29 is 22.9 Å². The topological polar surface area (TPSA) is 78.7 Å². The Morgan fingerprint density at radius 3 is 2.21 bits per heavy atom. The van der Waals surface area contributed by atoms with Crippen molar-refractivity contribution >= 4 is 34.6 Å². The van der Waals surface area contributed by atoms with Crippen LogP contribution in [-0.2, 0) is 11.0 Å². The van der Waals surface area contributed by atoms with Gasteiger partial charge in [0, 0.05) is 37.7 Å². The molecule has 11 heteroatoms. The fourth-order valence-corrected chi connectivity index (χ4v) is 2.90. The third-order valence-corrected chi connectivity index (χ3v) is 4.67. The van der Waals surface area contributed by atoms with E-state index in [2.05, 4.69) is 5.32 Å². The standard InChI is InChI=1S/C17H21F3N4O3S/c1-16(2,3)14(25)21-15(28)23-8-6-22(7-9-23)12-5-4-11(17(18,19)20)10-13(12)24(26)27/h4-5,10H,6-9H2,1-3H3,(H,21,25,28). The van der Waals surface area contributed by atoms with Crippen molar-refractivity contribution in [3.63, 3.8) is 0 Å². The number of nitrogens with zero attached hydrogens (tertiary/aromatic N) is 3. The molecule has 0 aliphatic carbocycles. The minimum Gasteiger partial charge on any atom is -0.362 e. The molecule has 0 radical (unpaired) electrons. The number of piperazine rings is 1. The summed E-state index contributed by atoms with van der Waals surface area (Å²) in [5.74, 6) is -0.224. The lowest BCUT2D eigenvalue weighted by Crippen LogP contribution is -2.54. The number of anilines is 1. The lowest BCUT2D eigenvalue weighted by molar-refractivity contribution is -0.384. The zero-order valence-electron chi connectivity index (χ0n) is 15.7. The average Bonchev–Trinajstić information content (AvgIpc) is 2.59. The van der Waals surface area contributed by atoms with Gasteiger partial charge in [0.25, 0.3) is 5.69 Å². The van der Waals surface area contributed by atoms with Crippen molar-refractivity contribution in [2.45, 2.75) is 26.9 Å². The highest BCUT2D eigenvalue weighted by Crippen LogP contribution is 2.36. The molecule has 1 aromatic carbocycles. The molecular weight excluding hydrogens is 397 g/mol. The third kappa shape index (κ3) is 5.09. The van der Waals surface area contributed by atoms with Crippen LogP contribution in [0.2, 0.25) is 0 Å². The van der Waals surface area contributed by atoms with E-state index in [-0.39, 0.29) is 16.7 Å². The maximum atomic E-state index is 12.8. The van der Waals surface area contributed by atoms with E-state index in [0.29, 0.717) is 32.2 Å². The fraction of sp³-hybridized carbons (Fsp3) is 0.529. The number of benzene rings is 1. The molecule has 28 heavy (non-hydrogen) atoms. The highest BCUT2D eigenvalue weighted by molar-refractivity contribution is 7.80. The zero-order chi connectivity index (χ0) is 21.3. The third-order valence-electron chi connectivity index (χ3n) is 4.31. The maximum absolute atomic E-state index is 12.8. The number of nitro groups is 1. The van der Waals surface area contributed by atoms with Crippen molar-refractivity contribution in [1.82, 2.24) is 10.2 Å². The van der Waals surface area contributed by atoms with Gasteiger partial charge in [-0.3, -0.25) is 14.9 Å². The van der Waals surface area contributed by atoms with Crippen LogP contribution in [0, 0.1) is 15.5 Å². The molecule has 1 aliphatic rings. The van der Waals surface area contributed by atoms with Crippen molar-refractivity contribution in [3.8, 4) is 0 Å². The van der Waals surface area contributed by atoms with Crippen molar-refractivity contribution in [2.75, 3.05) is 31.1 Å². The summed E-state index contributed by atoms with van der Waals surface area (Å²) in [6.07, 6.45) is -4.65. The molecule has 1 amide bonds. The van der Waals surface area contributed by atoms with Crippen LogP contribution < -0.4 is 10.2 Å². The number of thiocarbonyl (C=S) groups is 1. The number of amides is 1. The van der Waals surface area contributed by atoms with Crippen LogP contribution in [0.15, 0.2) is 18.2 Å². The van der Waals surface area contributed by atoms with E-state index in [1.807, 2.05) is 0 Å². The molecule has 0 aromatic heterocycles. The van der Waals surface area contributed by atoms with Gasteiger partial charge in [-0.25, -0.2) is 0 Å². The number of halogens is 3. The van der Waals surface area contributed by atoms with Crippen LogP contribution in [0.1, 0.15) is 26.3 Å². The summed E-state index contributed by atoms with van der Waals surface area (Å²) in [6.45, 7) is 6.66. The summed E-state index contributed by atoms with van der Waals surface area (Å²) < 4.78 is 38.5. The average molecular weight is 418 g/mol. The minimum atomic E-state index is -4.65. The Morgan fingerprint density at radius 2 is 1.75 bits per heavy atom. The quantitative estimate of drug-likeness (QED) is 0.452. The van der Waals surface area contributed by atoms with E-state index in [4.69, 9.17) is 12.2 Å². The first-order chi connectivity index (χ1) is 12.8. The SMILES string of the molecule is CC(C)(C)C(=O)NC(=S)N1CCN(c2ccc(C(F)(F)F)cc2[N+](=O)[O-])CC1. The molecule has 0 atom stereocenters. The summed E-state index contributed by atoms with van der Waals surface area (Å²) in [4.78, 5) is 25.9. The Kier molecular flexibility index (Phi) is 6.17. The summed E-state index contributed by atoms with van der Waals surface area (Å²) in [7, 11) is 0. The van der Waals surface area contributed by atoms with Crippen LogP contribution in [0.3, 0.4) is 0 Å². The second kappa shape index (κ2) is 7.90. The largest absolute Gasteiger partial charge is 0.416 e. The van der Waals surface area contributed by atoms with Crippen molar-refractivity contribution in [3.05, 3.63) is 33.9 Å². The smallest absolute Gasteiger partial charge is 0.362 e. The molecule has 0 bridgehead atoms.